The lowest BCUT2D eigenvalue weighted by Crippen LogP contribution is -2.34. The van der Waals surface area contributed by atoms with Crippen molar-refractivity contribution >= 4 is 10.9 Å². The molecule has 1 unspecified atom stereocenters. The molecular formula is C23H19NO2. The predicted molar refractivity (Wildman–Crippen MR) is 102 cm³/mol. The standard InChI is InChI=1S/C23H19NO2/c1-25-21-13-11-19(12-14-21)23(18-8-3-2-4-9-18)24-20(16-26-23)15-17-7-5-6-10-22(17)24/h2-15H,16H2,1H3. The first kappa shape index (κ1) is 15.2. The SMILES string of the molecule is COc1ccc(C2(c3ccccc3)OCc3cc4ccccc4n32)cc1. The van der Waals surface area contributed by atoms with Crippen molar-refractivity contribution < 1.29 is 9.47 Å². The minimum absolute atomic E-state index is 0.579. The predicted octanol–water partition coefficient (Wildman–Crippen LogP) is 4.93. The molecule has 0 bridgehead atoms. The fourth-order valence-corrected chi connectivity index (χ4v) is 4.01. The van der Waals surface area contributed by atoms with E-state index in [1.54, 1.807) is 7.11 Å². The lowest BCUT2D eigenvalue weighted by Gasteiger charge is -2.33. The Bertz CT molecular complexity index is 1070. The number of aromatic nitrogens is 1. The van der Waals surface area contributed by atoms with E-state index in [1.165, 1.54) is 16.6 Å². The summed E-state index contributed by atoms with van der Waals surface area (Å²) in [7, 11) is 1.69. The second-order valence-electron chi connectivity index (χ2n) is 6.56. The summed E-state index contributed by atoms with van der Waals surface area (Å²) in [6.45, 7) is 0.579. The summed E-state index contributed by atoms with van der Waals surface area (Å²) in [4.78, 5) is 0. The molecule has 2 heterocycles. The van der Waals surface area contributed by atoms with E-state index in [4.69, 9.17) is 9.47 Å². The highest BCUT2D eigenvalue weighted by molar-refractivity contribution is 5.82. The number of fused-ring (bicyclic) bond motifs is 3. The van der Waals surface area contributed by atoms with Crippen molar-refractivity contribution in [3.63, 3.8) is 0 Å². The molecule has 0 saturated heterocycles. The maximum Gasteiger partial charge on any atom is 0.198 e. The Balaban J connectivity index is 1.83. The number of nitrogens with zero attached hydrogens (tertiary/aromatic N) is 1. The van der Waals surface area contributed by atoms with Gasteiger partial charge in [0.1, 0.15) is 5.75 Å². The van der Waals surface area contributed by atoms with Gasteiger partial charge in [0, 0.05) is 22.2 Å². The van der Waals surface area contributed by atoms with Crippen LogP contribution in [0.15, 0.2) is 84.9 Å². The van der Waals surface area contributed by atoms with Crippen LogP contribution in [0.25, 0.3) is 10.9 Å². The highest BCUT2D eigenvalue weighted by Gasteiger charge is 2.44. The Morgan fingerprint density at radius 2 is 1.54 bits per heavy atom. The molecule has 128 valence electrons. The van der Waals surface area contributed by atoms with Gasteiger partial charge in [-0.15, -0.1) is 0 Å². The van der Waals surface area contributed by atoms with E-state index < -0.39 is 5.72 Å². The zero-order valence-corrected chi connectivity index (χ0v) is 14.6. The summed E-state index contributed by atoms with van der Waals surface area (Å²) in [6, 6.07) is 29.3. The maximum atomic E-state index is 6.53. The van der Waals surface area contributed by atoms with Gasteiger partial charge in [0.15, 0.2) is 5.72 Å². The van der Waals surface area contributed by atoms with Crippen molar-refractivity contribution in [1.82, 2.24) is 4.57 Å². The van der Waals surface area contributed by atoms with Gasteiger partial charge in [-0.2, -0.15) is 0 Å². The molecule has 3 aromatic carbocycles. The summed E-state index contributed by atoms with van der Waals surface area (Å²) in [5, 5.41) is 1.24. The first-order valence-electron chi connectivity index (χ1n) is 8.77. The van der Waals surface area contributed by atoms with E-state index in [0.29, 0.717) is 6.61 Å². The molecular weight excluding hydrogens is 322 g/mol. The Kier molecular flexibility index (Phi) is 3.37. The average Bonchev–Trinajstić information content (AvgIpc) is 3.27. The van der Waals surface area contributed by atoms with Gasteiger partial charge in [-0.3, -0.25) is 0 Å². The third-order valence-corrected chi connectivity index (χ3v) is 5.18. The van der Waals surface area contributed by atoms with E-state index in [2.05, 4.69) is 71.3 Å². The lowest BCUT2D eigenvalue weighted by atomic mass is 9.93. The Hall–Kier alpha value is -3.04. The van der Waals surface area contributed by atoms with E-state index in [0.717, 1.165) is 16.9 Å². The summed E-state index contributed by atoms with van der Waals surface area (Å²) >= 11 is 0. The topological polar surface area (TPSA) is 23.4 Å². The van der Waals surface area contributed by atoms with Gasteiger partial charge in [-0.25, -0.2) is 0 Å². The molecule has 5 rings (SSSR count). The molecule has 0 radical (unpaired) electrons. The van der Waals surface area contributed by atoms with Crippen LogP contribution >= 0.6 is 0 Å². The number of ether oxygens (including phenoxy) is 2. The molecule has 4 aromatic rings. The van der Waals surface area contributed by atoms with Crippen molar-refractivity contribution in [2.45, 2.75) is 12.3 Å². The van der Waals surface area contributed by atoms with E-state index >= 15 is 0 Å². The maximum absolute atomic E-state index is 6.53. The normalized spacial score (nSPS) is 18.8. The van der Waals surface area contributed by atoms with Gasteiger partial charge in [0.05, 0.1) is 19.2 Å². The van der Waals surface area contributed by atoms with Gasteiger partial charge in [0.2, 0.25) is 0 Å². The van der Waals surface area contributed by atoms with E-state index in [-0.39, 0.29) is 0 Å². The zero-order chi connectivity index (χ0) is 17.6. The third-order valence-electron chi connectivity index (χ3n) is 5.18. The van der Waals surface area contributed by atoms with Crippen LogP contribution < -0.4 is 4.74 Å². The molecule has 0 fully saturated rings. The monoisotopic (exact) mass is 341 g/mol. The Labute approximate surface area is 152 Å². The lowest BCUT2D eigenvalue weighted by molar-refractivity contribution is -0.00984. The Morgan fingerprint density at radius 3 is 2.31 bits per heavy atom. The molecule has 0 spiro atoms. The smallest absolute Gasteiger partial charge is 0.198 e. The third kappa shape index (κ3) is 2.04. The van der Waals surface area contributed by atoms with Gasteiger partial charge in [0.25, 0.3) is 0 Å². The number of hydrogen-bond donors (Lipinski definition) is 0. The molecule has 26 heavy (non-hydrogen) atoms. The summed E-state index contributed by atoms with van der Waals surface area (Å²) in [6.07, 6.45) is 0. The molecule has 1 aromatic heterocycles. The minimum Gasteiger partial charge on any atom is -0.497 e. The van der Waals surface area contributed by atoms with Crippen LogP contribution in [0, 0.1) is 0 Å². The second kappa shape index (κ2) is 5.75. The number of para-hydroxylation sites is 1. The molecule has 0 amide bonds. The molecule has 0 N–H and O–H groups in total. The number of hydrogen-bond acceptors (Lipinski definition) is 2. The van der Waals surface area contributed by atoms with Crippen LogP contribution in [-0.4, -0.2) is 11.7 Å². The first-order valence-corrected chi connectivity index (χ1v) is 8.77. The minimum atomic E-state index is -0.675. The molecule has 3 heteroatoms. The molecule has 0 aliphatic carbocycles. The van der Waals surface area contributed by atoms with Crippen molar-refractivity contribution in [2.24, 2.45) is 0 Å². The van der Waals surface area contributed by atoms with E-state index in [1.807, 2.05) is 18.2 Å². The van der Waals surface area contributed by atoms with Crippen LogP contribution in [0.1, 0.15) is 16.8 Å². The number of benzene rings is 3. The highest BCUT2D eigenvalue weighted by atomic mass is 16.5. The van der Waals surface area contributed by atoms with Crippen LogP contribution in [0.2, 0.25) is 0 Å². The first-order chi connectivity index (χ1) is 12.8. The zero-order valence-electron chi connectivity index (χ0n) is 14.6. The van der Waals surface area contributed by atoms with Gasteiger partial charge >= 0.3 is 0 Å². The second-order valence-corrected chi connectivity index (χ2v) is 6.56. The molecule has 3 nitrogen and oxygen atoms in total. The molecule has 0 saturated carbocycles. The fourth-order valence-electron chi connectivity index (χ4n) is 4.01. The summed E-state index contributed by atoms with van der Waals surface area (Å²) in [5.74, 6) is 0.840. The van der Waals surface area contributed by atoms with Gasteiger partial charge in [-0.05, 0) is 24.3 Å². The van der Waals surface area contributed by atoms with E-state index in [9.17, 15) is 0 Å². The van der Waals surface area contributed by atoms with Crippen molar-refractivity contribution in [2.75, 3.05) is 7.11 Å². The molecule has 1 aliphatic heterocycles. The highest BCUT2D eigenvalue weighted by Crippen LogP contribution is 2.45. The van der Waals surface area contributed by atoms with Crippen LogP contribution in [0.3, 0.4) is 0 Å². The summed E-state index contributed by atoms with van der Waals surface area (Å²) in [5.41, 5.74) is 3.90. The van der Waals surface area contributed by atoms with Crippen LogP contribution in [0.4, 0.5) is 0 Å². The van der Waals surface area contributed by atoms with Crippen molar-refractivity contribution in [3.8, 4) is 5.75 Å². The largest absolute Gasteiger partial charge is 0.497 e. The Morgan fingerprint density at radius 1 is 0.846 bits per heavy atom. The fraction of sp³-hybridized carbons (Fsp3) is 0.130. The number of methoxy groups -OCH3 is 1. The van der Waals surface area contributed by atoms with Crippen LogP contribution in [0.5, 0.6) is 5.75 Å². The van der Waals surface area contributed by atoms with Crippen LogP contribution in [-0.2, 0) is 17.1 Å². The molecule has 1 atom stereocenters. The van der Waals surface area contributed by atoms with Gasteiger partial charge in [-0.1, -0.05) is 60.7 Å². The quantitative estimate of drug-likeness (QED) is 0.527. The van der Waals surface area contributed by atoms with Crippen molar-refractivity contribution in [1.29, 1.82) is 0 Å². The molecule has 1 aliphatic rings. The number of rotatable bonds is 3. The summed E-state index contributed by atoms with van der Waals surface area (Å²) < 4.78 is 14.2. The van der Waals surface area contributed by atoms with Gasteiger partial charge < -0.3 is 14.0 Å². The van der Waals surface area contributed by atoms with Crippen molar-refractivity contribution in [3.05, 3.63) is 102 Å². The average molecular weight is 341 g/mol.